The standard InChI is InChI=1S/C28H29N5O7/c1-18-30-24(31-40-18)19-6-8-20(9-7-19)25(34)38-22-12-10-21(11-13-22)33(27(36)37)17-15-29-23(33)14-16-32(5)26(35)39-28(2,3)4/h6-13,15,17H,14,16H2,1-5H3. The number of rotatable bonds is 7. The Hall–Kier alpha value is -4.84. The average Bonchev–Trinajstić information content (AvgIpc) is 3.54. The monoisotopic (exact) mass is 547 g/mol. The number of carbonyl (C=O) groups is 3. The van der Waals surface area contributed by atoms with Crippen molar-refractivity contribution in [3.05, 3.63) is 72.4 Å². The second kappa shape index (κ2) is 11.1. The first kappa shape index (κ1) is 28.2. The third-order valence-corrected chi connectivity index (χ3v) is 5.95. The highest BCUT2D eigenvalue weighted by Crippen LogP contribution is 2.31. The summed E-state index contributed by atoms with van der Waals surface area (Å²) in [4.78, 5) is 47.1. The maximum Gasteiger partial charge on any atom is 0.410 e. The van der Waals surface area contributed by atoms with Crippen molar-refractivity contribution in [1.82, 2.24) is 19.5 Å². The fourth-order valence-corrected chi connectivity index (χ4v) is 3.93. The third kappa shape index (κ3) is 6.07. The molecule has 0 spiro atoms. The van der Waals surface area contributed by atoms with Gasteiger partial charge in [-0.15, -0.1) is 0 Å². The molecule has 2 heterocycles. The molecule has 1 aliphatic rings. The first-order valence-electron chi connectivity index (χ1n) is 12.4. The smallest absolute Gasteiger partial charge is 0.410 e. The molecule has 1 unspecified atom stereocenters. The van der Waals surface area contributed by atoms with E-state index in [1.807, 2.05) is 0 Å². The van der Waals surface area contributed by atoms with Crippen LogP contribution in [0.25, 0.3) is 11.4 Å². The Bertz CT molecular complexity index is 1470. The lowest BCUT2D eigenvalue weighted by molar-refractivity contribution is -0.257. The molecule has 208 valence electrons. The number of amidine groups is 1. The summed E-state index contributed by atoms with van der Waals surface area (Å²) in [5.41, 5.74) is 0.637. The Labute approximate surface area is 230 Å². The molecule has 12 nitrogen and oxygen atoms in total. The van der Waals surface area contributed by atoms with Crippen LogP contribution in [-0.4, -0.2) is 58.2 Å². The third-order valence-electron chi connectivity index (χ3n) is 5.95. The van der Waals surface area contributed by atoms with E-state index in [-0.39, 0.29) is 24.6 Å². The number of nitrogens with zero attached hydrogens (tertiary/aromatic N) is 5. The van der Waals surface area contributed by atoms with Crippen LogP contribution in [0.15, 0.2) is 70.4 Å². The van der Waals surface area contributed by atoms with Gasteiger partial charge in [-0.25, -0.2) is 14.6 Å². The molecule has 2 aromatic carbocycles. The molecule has 3 aromatic rings. The van der Waals surface area contributed by atoms with Crippen molar-refractivity contribution in [3.63, 3.8) is 0 Å². The Morgan fingerprint density at radius 3 is 2.30 bits per heavy atom. The fourth-order valence-electron chi connectivity index (χ4n) is 3.93. The molecule has 1 aliphatic heterocycles. The van der Waals surface area contributed by atoms with Crippen LogP contribution in [0.4, 0.5) is 15.3 Å². The SMILES string of the molecule is Cc1nc(-c2ccc(C(=O)Oc3ccc([N+]4(C(=O)[O-])C=CN=C4CCN(C)C(=O)OC(C)(C)C)cc3)cc2)no1. The first-order chi connectivity index (χ1) is 18.9. The number of benzene rings is 2. The summed E-state index contributed by atoms with van der Waals surface area (Å²) in [6, 6.07) is 12.5. The van der Waals surface area contributed by atoms with Gasteiger partial charge < -0.3 is 28.8 Å². The number of hydrogen-bond acceptors (Lipinski definition) is 10. The van der Waals surface area contributed by atoms with E-state index in [0.717, 1.165) is 0 Å². The Balaban J connectivity index is 1.44. The molecule has 0 aliphatic carbocycles. The van der Waals surface area contributed by atoms with Gasteiger partial charge in [0.15, 0.2) is 0 Å². The van der Waals surface area contributed by atoms with Crippen molar-refractivity contribution in [3.8, 4) is 17.1 Å². The normalized spacial score (nSPS) is 16.4. The average molecular weight is 548 g/mol. The number of aliphatic imine (C=N–C) groups is 1. The summed E-state index contributed by atoms with van der Waals surface area (Å²) in [6.07, 6.45) is 0.954. The van der Waals surface area contributed by atoms with Crippen LogP contribution < -0.4 is 14.3 Å². The largest absolute Gasteiger partial charge is 0.497 e. The van der Waals surface area contributed by atoms with E-state index in [4.69, 9.17) is 14.0 Å². The van der Waals surface area contributed by atoms with Gasteiger partial charge in [-0.2, -0.15) is 9.47 Å². The predicted molar refractivity (Wildman–Crippen MR) is 143 cm³/mol. The van der Waals surface area contributed by atoms with Crippen LogP contribution >= 0.6 is 0 Å². The molecule has 2 amide bonds. The molecule has 1 aromatic heterocycles. The molecule has 0 bridgehead atoms. The van der Waals surface area contributed by atoms with E-state index >= 15 is 0 Å². The quantitative estimate of drug-likeness (QED) is 0.243. The molecule has 40 heavy (non-hydrogen) atoms. The molecule has 0 saturated heterocycles. The van der Waals surface area contributed by atoms with Gasteiger partial charge in [0.1, 0.15) is 23.2 Å². The van der Waals surface area contributed by atoms with Crippen molar-refractivity contribution in [2.75, 3.05) is 13.6 Å². The van der Waals surface area contributed by atoms with Crippen molar-refractivity contribution in [1.29, 1.82) is 0 Å². The van der Waals surface area contributed by atoms with Crippen molar-refractivity contribution in [2.24, 2.45) is 4.99 Å². The predicted octanol–water partition coefficient (Wildman–Crippen LogP) is 4.06. The molecule has 0 saturated carbocycles. The van der Waals surface area contributed by atoms with Gasteiger partial charge in [0.05, 0.1) is 18.2 Å². The van der Waals surface area contributed by atoms with Crippen LogP contribution in [0.2, 0.25) is 0 Å². The minimum absolute atomic E-state index is 0.146. The summed E-state index contributed by atoms with van der Waals surface area (Å²) >= 11 is 0. The molecule has 0 radical (unpaired) electrons. The summed E-state index contributed by atoms with van der Waals surface area (Å²) < 4.78 is 15.0. The maximum atomic E-state index is 12.7. The van der Waals surface area contributed by atoms with E-state index in [2.05, 4.69) is 15.1 Å². The molecular weight excluding hydrogens is 518 g/mol. The summed E-state index contributed by atoms with van der Waals surface area (Å²) in [6.45, 7) is 7.14. The first-order valence-corrected chi connectivity index (χ1v) is 12.4. The number of aromatic nitrogens is 2. The van der Waals surface area contributed by atoms with Crippen LogP contribution in [0.5, 0.6) is 5.75 Å². The fraction of sp³-hybridized carbons (Fsp3) is 0.286. The molecule has 1 atom stereocenters. The second-order valence-corrected chi connectivity index (χ2v) is 10.1. The van der Waals surface area contributed by atoms with Gasteiger partial charge in [0.2, 0.25) is 17.6 Å². The van der Waals surface area contributed by atoms with Gasteiger partial charge >= 0.3 is 12.1 Å². The number of aryl methyl sites for hydroxylation is 1. The summed E-state index contributed by atoms with van der Waals surface area (Å²) in [7, 11) is 1.56. The zero-order valence-electron chi connectivity index (χ0n) is 22.8. The molecule has 12 heteroatoms. The number of quaternary nitrogens is 1. The van der Waals surface area contributed by atoms with Crippen LogP contribution in [-0.2, 0) is 4.74 Å². The molecular formula is C28H29N5O7. The Morgan fingerprint density at radius 2 is 1.73 bits per heavy atom. The van der Waals surface area contributed by atoms with Crippen LogP contribution in [0, 0.1) is 6.92 Å². The lowest BCUT2D eigenvalue weighted by Crippen LogP contribution is -2.59. The number of amides is 2. The Kier molecular flexibility index (Phi) is 7.82. The van der Waals surface area contributed by atoms with Gasteiger partial charge in [-0.1, -0.05) is 17.3 Å². The molecule has 4 rings (SSSR count). The minimum Gasteiger partial charge on any atom is -0.497 e. The zero-order valence-corrected chi connectivity index (χ0v) is 22.8. The number of esters is 1. The topological polar surface area (TPSA) is 147 Å². The van der Waals surface area contributed by atoms with Crippen molar-refractivity contribution < 1.29 is 33.5 Å². The number of ether oxygens (including phenoxy) is 2. The highest BCUT2D eigenvalue weighted by Gasteiger charge is 2.41. The maximum absolute atomic E-state index is 12.7. The molecule has 0 N–H and O–H groups in total. The molecule has 0 fully saturated rings. The van der Waals surface area contributed by atoms with Gasteiger partial charge in [0, 0.05) is 38.2 Å². The lowest BCUT2D eigenvalue weighted by atomic mass is 10.1. The highest BCUT2D eigenvalue weighted by molar-refractivity contribution is 6.10. The Morgan fingerprint density at radius 1 is 1.05 bits per heavy atom. The summed E-state index contributed by atoms with van der Waals surface area (Å²) in [5, 5.41) is 16.2. The number of carboxylic acid groups (broad SMARTS) is 1. The van der Waals surface area contributed by atoms with E-state index in [9.17, 15) is 19.5 Å². The minimum atomic E-state index is -1.42. The van der Waals surface area contributed by atoms with Crippen LogP contribution in [0.3, 0.4) is 0 Å². The van der Waals surface area contributed by atoms with E-state index < -0.39 is 28.2 Å². The van der Waals surface area contributed by atoms with E-state index in [0.29, 0.717) is 28.5 Å². The van der Waals surface area contributed by atoms with E-state index in [1.54, 1.807) is 59.0 Å². The van der Waals surface area contributed by atoms with Gasteiger partial charge in [0.25, 0.3) is 6.09 Å². The second-order valence-electron chi connectivity index (χ2n) is 10.1. The number of hydrogen-bond donors (Lipinski definition) is 0. The number of carbonyl (C=O) groups excluding carboxylic acids is 3. The van der Waals surface area contributed by atoms with Crippen molar-refractivity contribution in [2.45, 2.75) is 39.7 Å². The van der Waals surface area contributed by atoms with Crippen LogP contribution in [0.1, 0.15) is 43.4 Å². The lowest BCUT2D eigenvalue weighted by Gasteiger charge is -2.32. The van der Waals surface area contributed by atoms with Gasteiger partial charge in [-0.05, 0) is 45.0 Å². The zero-order chi connectivity index (χ0) is 29.1. The van der Waals surface area contributed by atoms with Gasteiger partial charge in [-0.3, -0.25) is 0 Å². The highest BCUT2D eigenvalue weighted by atomic mass is 16.6. The van der Waals surface area contributed by atoms with Crippen molar-refractivity contribution >= 4 is 29.7 Å². The van der Waals surface area contributed by atoms with E-state index in [1.165, 1.54) is 41.6 Å². The summed E-state index contributed by atoms with van der Waals surface area (Å²) in [5.74, 6) is 0.710.